The van der Waals surface area contributed by atoms with Crippen LogP contribution in [0.15, 0.2) is 17.4 Å². The first-order valence-electron chi connectivity index (χ1n) is 3.81. The lowest BCUT2D eigenvalue weighted by Gasteiger charge is -1.90. The smallest absolute Gasteiger partial charge is 0.242 e. The van der Waals surface area contributed by atoms with Crippen molar-refractivity contribution in [1.29, 1.82) is 0 Å². The predicted molar refractivity (Wildman–Crippen MR) is 46.7 cm³/mol. The summed E-state index contributed by atoms with van der Waals surface area (Å²) in [7, 11) is 1.80. The molecule has 0 atom stereocenters. The summed E-state index contributed by atoms with van der Waals surface area (Å²) in [6.07, 6.45) is 5.11. The molecule has 0 spiro atoms. The fourth-order valence-corrected chi connectivity index (χ4v) is 1.31. The van der Waals surface area contributed by atoms with Crippen molar-refractivity contribution in [3.05, 3.63) is 18.1 Å². The maximum absolute atomic E-state index is 10.1. The average molecular weight is 176 g/mol. The maximum Gasteiger partial charge on any atom is 0.242 e. The summed E-state index contributed by atoms with van der Waals surface area (Å²) in [4.78, 5) is 17.9. The lowest BCUT2D eigenvalue weighted by atomic mass is 10.6. The second kappa shape index (κ2) is 2.57. The zero-order chi connectivity index (χ0) is 9.42. The molecule has 2 heterocycles. The van der Waals surface area contributed by atoms with E-state index in [0.29, 0.717) is 5.82 Å². The Morgan fingerprint density at radius 1 is 1.54 bits per heavy atom. The largest absolute Gasteiger partial charge is 0.297 e. The van der Waals surface area contributed by atoms with Crippen LogP contribution < -0.4 is 0 Å². The molecule has 66 valence electrons. The second-order valence-electron chi connectivity index (χ2n) is 2.84. The highest BCUT2D eigenvalue weighted by Crippen LogP contribution is 2.16. The third-order valence-corrected chi connectivity index (χ3v) is 1.89. The van der Waals surface area contributed by atoms with Gasteiger partial charge in [-0.3, -0.25) is 8.97 Å². The standard InChI is InChI=1S/C8H8N4O/c1-6-3-12-4-7(9-5-13)11(2)8(12)10-6/h3-4H,1-2H3. The lowest BCUT2D eigenvalue weighted by Crippen LogP contribution is -1.87. The Balaban J connectivity index is 2.76. The SMILES string of the molecule is Cc1cn2cc(N=C=O)n(C)c2n1. The fourth-order valence-electron chi connectivity index (χ4n) is 1.31. The van der Waals surface area contributed by atoms with Gasteiger partial charge in [0.2, 0.25) is 11.9 Å². The molecule has 2 aromatic heterocycles. The van der Waals surface area contributed by atoms with Gasteiger partial charge in [-0.25, -0.2) is 9.78 Å². The molecule has 0 fully saturated rings. The molecule has 0 radical (unpaired) electrons. The highest BCUT2D eigenvalue weighted by atomic mass is 16.1. The van der Waals surface area contributed by atoms with Crippen molar-refractivity contribution in [3.63, 3.8) is 0 Å². The zero-order valence-electron chi connectivity index (χ0n) is 7.35. The molecular weight excluding hydrogens is 168 g/mol. The van der Waals surface area contributed by atoms with E-state index in [1.807, 2.05) is 17.5 Å². The van der Waals surface area contributed by atoms with Crippen LogP contribution in [0.3, 0.4) is 0 Å². The minimum Gasteiger partial charge on any atom is -0.297 e. The molecule has 0 aromatic carbocycles. The van der Waals surface area contributed by atoms with Crippen LogP contribution in [0.4, 0.5) is 5.82 Å². The van der Waals surface area contributed by atoms with Gasteiger partial charge in [-0.15, -0.1) is 4.99 Å². The topological polar surface area (TPSA) is 51.7 Å². The van der Waals surface area contributed by atoms with Gasteiger partial charge in [-0.2, -0.15) is 0 Å². The zero-order valence-corrected chi connectivity index (χ0v) is 7.35. The lowest BCUT2D eigenvalue weighted by molar-refractivity contribution is 0.565. The molecule has 0 aliphatic heterocycles. The number of hydrogen-bond donors (Lipinski definition) is 0. The van der Waals surface area contributed by atoms with Crippen LogP contribution in [-0.4, -0.2) is 20.0 Å². The van der Waals surface area contributed by atoms with Gasteiger partial charge >= 0.3 is 0 Å². The quantitative estimate of drug-likeness (QED) is 0.479. The molecule has 0 aliphatic rings. The van der Waals surface area contributed by atoms with E-state index in [2.05, 4.69) is 9.98 Å². The Kier molecular flexibility index (Phi) is 1.53. The molecule has 0 aliphatic carbocycles. The number of isocyanates is 1. The molecular formula is C8H8N4O. The number of carbonyl (C=O) groups excluding carboxylic acids is 1. The van der Waals surface area contributed by atoms with Crippen molar-refractivity contribution in [2.45, 2.75) is 6.92 Å². The van der Waals surface area contributed by atoms with E-state index in [1.165, 1.54) is 6.08 Å². The third-order valence-electron chi connectivity index (χ3n) is 1.89. The Labute approximate surface area is 74.3 Å². The molecule has 5 heteroatoms. The maximum atomic E-state index is 10.1. The Morgan fingerprint density at radius 3 is 2.92 bits per heavy atom. The molecule has 0 unspecified atom stereocenters. The molecule has 0 saturated heterocycles. The minimum absolute atomic E-state index is 0.553. The number of nitrogens with zero attached hydrogens (tertiary/aromatic N) is 4. The Morgan fingerprint density at radius 2 is 2.31 bits per heavy atom. The third kappa shape index (κ3) is 1.06. The van der Waals surface area contributed by atoms with Crippen LogP contribution in [0.5, 0.6) is 0 Å². The van der Waals surface area contributed by atoms with E-state index in [1.54, 1.807) is 17.8 Å². The van der Waals surface area contributed by atoms with Crippen LogP contribution in [0.1, 0.15) is 5.69 Å². The minimum atomic E-state index is 0.553. The number of aromatic nitrogens is 3. The Hall–Kier alpha value is -1.87. The van der Waals surface area contributed by atoms with Crippen LogP contribution in [-0.2, 0) is 11.8 Å². The van der Waals surface area contributed by atoms with E-state index in [9.17, 15) is 4.79 Å². The summed E-state index contributed by atoms with van der Waals surface area (Å²) >= 11 is 0. The number of rotatable bonds is 1. The number of fused-ring (bicyclic) bond motifs is 1. The monoisotopic (exact) mass is 176 g/mol. The van der Waals surface area contributed by atoms with Gasteiger partial charge in [-0.05, 0) is 6.92 Å². The molecule has 2 aromatic rings. The van der Waals surface area contributed by atoms with Gasteiger partial charge in [-0.1, -0.05) is 0 Å². The van der Waals surface area contributed by atoms with E-state index in [4.69, 9.17) is 0 Å². The predicted octanol–water partition coefficient (Wildman–Crippen LogP) is 0.949. The van der Waals surface area contributed by atoms with Crippen LogP contribution in [0.2, 0.25) is 0 Å². The van der Waals surface area contributed by atoms with Crippen molar-refractivity contribution >= 4 is 17.7 Å². The van der Waals surface area contributed by atoms with E-state index >= 15 is 0 Å². The summed E-state index contributed by atoms with van der Waals surface area (Å²) in [5.74, 6) is 1.32. The van der Waals surface area contributed by atoms with Crippen LogP contribution in [0.25, 0.3) is 5.78 Å². The Bertz CT molecular complexity index is 501. The van der Waals surface area contributed by atoms with Gasteiger partial charge in [0.1, 0.15) is 0 Å². The first-order chi connectivity index (χ1) is 6.22. The number of aliphatic imine (C=N–C) groups is 1. The number of imidazole rings is 2. The molecule has 13 heavy (non-hydrogen) atoms. The number of hydrogen-bond acceptors (Lipinski definition) is 3. The van der Waals surface area contributed by atoms with Crippen molar-refractivity contribution in [1.82, 2.24) is 14.0 Å². The molecule has 0 N–H and O–H groups in total. The normalized spacial score (nSPS) is 10.3. The summed E-state index contributed by atoms with van der Waals surface area (Å²) < 4.78 is 3.56. The molecule has 5 nitrogen and oxygen atoms in total. The van der Waals surface area contributed by atoms with Crippen molar-refractivity contribution in [2.24, 2.45) is 12.0 Å². The van der Waals surface area contributed by atoms with Crippen molar-refractivity contribution in [2.75, 3.05) is 0 Å². The van der Waals surface area contributed by atoms with Gasteiger partial charge < -0.3 is 0 Å². The number of aryl methyl sites for hydroxylation is 2. The van der Waals surface area contributed by atoms with Crippen LogP contribution >= 0.6 is 0 Å². The van der Waals surface area contributed by atoms with Gasteiger partial charge in [0.25, 0.3) is 0 Å². The highest BCUT2D eigenvalue weighted by Gasteiger charge is 2.06. The molecule has 2 rings (SSSR count). The average Bonchev–Trinajstić information content (AvgIpc) is 2.54. The van der Waals surface area contributed by atoms with E-state index < -0.39 is 0 Å². The molecule has 0 amide bonds. The summed E-state index contributed by atoms with van der Waals surface area (Å²) in [6, 6.07) is 0. The van der Waals surface area contributed by atoms with Gasteiger partial charge in [0.15, 0.2) is 5.82 Å². The van der Waals surface area contributed by atoms with E-state index in [-0.39, 0.29) is 0 Å². The van der Waals surface area contributed by atoms with Gasteiger partial charge in [0.05, 0.1) is 11.9 Å². The molecule has 0 saturated carbocycles. The summed E-state index contributed by atoms with van der Waals surface area (Å²) in [5.41, 5.74) is 0.937. The summed E-state index contributed by atoms with van der Waals surface area (Å²) in [5, 5.41) is 0. The van der Waals surface area contributed by atoms with E-state index in [0.717, 1.165) is 11.5 Å². The van der Waals surface area contributed by atoms with Gasteiger partial charge in [0, 0.05) is 13.2 Å². The first-order valence-corrected chi connectivity index (χ1v) is 3.81. The fraction of sp³-hybridized carbons (Fsp3) is 0.250. The molecule has 0 bridgehead atoms. The highest BCUT2D eigenvalue weighted by molar-refractivity contribution is 5.50. The van der Waals surface area contributed by atoms with Crippen LogP contribution in [0, 0.1) is 6.92 Å². The summed E-state index contributed by atoms with van der Waals surface area (Å²) in [6.45, 7) is 1.91. The van der Waals surface area contributed by atoms with Crippen molar-refractivity contribution < 1.29 is 4.79 Å². The first kappa shape index (κ1) is 7.76. The second-order valence-corrected chi connectivity index (χ2v) is 2.84. The van der Waals surface area contributed by atoms with Crippen molar-refractivity contribution in [3.8, 4) is 0 Å².